The number of pyridine rings is 2. The van der Waals surface area contributed by atoms with Crippen molar-refractivity contribution >= 4 is 39.9 Å². The molecule has 0 radical (unpaired) electrons. The van der Waals surface area contributed by atoms with Gasteiger partial charge >= 0.3 is 0 Å². The molecule has 0 bridgehead atoms. The highest BCUT2D eigenvalue weighted by Crippen LogP contribution is 2.36. The van der Waals surface area contributed by atoms with Gasteiger partial charge in [-0.25, -0.2) is 4.98 Å². The molecule has 7 nitrogen and oxygen atoms in total. The molecule has 0 atom stereocenters. The van der Waals surface area contributed by atoms with E-state index in [4.69, 9.17) is 27.9 Å². The van der Waals surface area contributed by atoms with E-state index in [2.05, 4.69) is 20.0 Å². The zero-order chi connectivity index (χ0) is 17.6. The third kappa shape index (κ3) is 2.94. The van der Waals surface area contributed by atoms with Gasteiger partial charge in [0, 0.05) is 38.5 Å². The highest BCUT2D eigenvalue weighted by molar-refractivity contribution is 6.36. The second-order valence-electron chi connectivity index (χ2n) is 5.87. The molecule has 0 aromatic carbocycles. The number of rotatable bonds is 3. The van der Waals surface area contributed by atoms with Crippen molar-refractivity contribution < 1.29 is 9.84 Å². The van der Waals surface area contributed by atoms with Crippen molar-refractivity contribution in [2.24, 2.45) is 7.05 Å². The maximum Gasteiger partial charge on any atom is 0.249 e. The van der Waals surface area contributed by atoms with Crippen LogP contribution in [0.25, 0.3) is 10.9 Å². The summed E-state index contributed by atoms with van der Waals surface area (Å²) in [6.07, 6.45) is 4.12. The fourth-order valence-corrected chi connectivity index (χ4v) is 3.33. The Labute approximate surface area is 153 Å². The number of halogens is 2. The standard InChI is InChI=1S/C16H15Cl2N5O2/c1-22-11-7-12(23-4-2-3-5-23)19-8-9(11)16(21-22)25-13-6-10(17)14(24)15(18)20-13/h6-8,24H,2-5H2,1H3. The Kier molecular flexibility index (Phi) is 4.05. The number of aromatic hydroxyl groups is 1. The number of aromatic nitrogens is 4. The van der Waals surface area contributed by atoms with E-state index in [1.54, 1.807) is 10.9 Å². The molecule has 0 aliphatic carbocycles. The highest BCUT2D eigenvalue weighted by atomic mass is 35.5. The minimum Gasteiger partial charge on any atom is -0.504 e. The number of nitrogens with zero attached hydrogens (tertiary/aromatic N) is 5. The molecular weight excluding hydrogens is 365 g/mol. The van der Waals surface area contributed by atoms with Gasteiger partial charge in [-0.2, -0.15) is 4.98 Å². The summed E-state index contributed by atoms with van der Waals surface area (Å²) in [6, 6.07) is 3.39. The van der Waals surface area contributed by atoms with Crippen LogP contribution in [0.3, 0.4) is 0 Å². The molecule has 1 N–H and O–H groups in total. The van der Waals surface area contributed by atoms with Crippen LogP contribution < -0.4 is 9.64 Å². The molecule has 1 aliphatic heterocycles. The SMILES string of the molecule is Cn1nc(Oc2cc(Cl)c(O)c(Cl)n2)c2cnc(N3CCCC3)cc21. The molecule has 3 aromatic rings. The number of hydrogen-bond acceptors (Lipinski definition) is 6. The van der Waals surface area contributed by atoms with Crippen LogP contribution in [0, 0.1) is 0 Å². The molecule has 0 spiro atoms. The molecule has 1 saturated heterocycles. The molecule has 4 heterocycles. The quantitative estimate of drug-likeness (QED) is 0.698. The Morgan fingerprint density at radius 3 is 2.68 bits per heavy atom. The van der Waals surface area contributed by atoms with Crippen LogP contribution in [0.2, 0.25) is 10.2 Å². The van der Waals surface area contributed by atoms with E-state index in [0.717, 1.165) is 29.8 Å². The van der Waals surface area contributed by atoms with Gasteiger partial charge in [0.2, 0.25) is 11.8 Å². The molecule has 1 aliphatic rings. The molecule has 25 heavy (non-hydrogen) atoms. The Morgan fingerprint density at radius 2 is 1.96 bits per heavy atom. The summed E-state index contributed by atoms with van der Waals surface area (Å²) < 4.78 is 7.45. The van der Waals surface area contributed by atoms with E-state index >= 15 is 0 Å². The van der Waals surface area contributed by atoms with Crippen molar-refractivity contribution in [1.82, 2.24) is 19.7 Å². The van der Waals surface area contributed by atoms with Crippen LogP contribution in [0.15, 0.2) is 18.3 Å². The lowest BCUT2D eigenvalue weighted by molar-refractivity contribution is 0.433. The van der Waals surface area contributed by atoms with Crippen LogP contribution in [-0.4, -0.2) is 37.9 Å². The van der Waals surface area contributed by atoms with E-state index in [1.165, 1.54) is 18.9 Å². The van der Waals surface area contributed by atoms with E-state index in [-0.39, 0.29) is 21.8 Å². The fourth-order valence-electron chi connectivity index (χ4n) is 2.91. The molecule has 0 saturated carbocycles. The van der Waals surface area contributed by atoms with Crippen LogP contribution >= 0.6 is 23.2 Å². The summed E-state index contributed by atoms with van der Waals surface area (Å²) in [6.45, 7) is 2.04. The van der Waals surface area contributed by atoms with Gasteiger partial charge in [0.15, 0.2) is 10.9 Å². The Balaban J connectivity index is 1.71. The summed E-state index contributed by atoms with van der Waals surface area (Å²) in [5, 5.41) is 14.7. The zero-order valence-corrected chi connectivity index (χ0v) is 14.9. The zero-order valence-electron chi connectivity index (χ0n) is 13.4. The minimum atomic E-state index is -0.279. The van der Waals surface area contributed by atoms with Crippen molar-refractivity contribution in [3.05, 3.63) is 28.5 Å². The summed E-state index contributed by atoms with van der Waals surface area (Å²) in [4.78, 5) is 10.7. The summed E-state index contributed by atoms with van der Waals surface area (Å²) in [5.41, 5.74) is 0.905. The normalized spacial score (nSPS) is 14.4. The van der Waals surface area contributed by atoms with Gasteiger partial charge in [0.1, 0.15) is 5.82 Å². The van der Waals surface area contributed by atoms with Gasteiger partial charge in [0.05, 0.1) is 15.9 Å². The number of ether oxygens (including phenoxy) is 1. The van der Waals surface area contributed by atoms with Gasteiger partial charge in [-0.1, -0.05) is 23.2 Å². The van der Waals surface area contributed by atoms with Gasteiger partial charge in [-0.15, -0.1) is 5.10 Å². The Hall–Kier alpha value is -2.25. The largest absolute Gasteiger partial charge is 0.504 e. The van der Waals surface area contributed by atoms with E-state index < -0.39 is 0 Å². The number of aryl methyl sites for hydroxylation is 1. The molecule has 0 unspecified atom stereocenters. The maximum atomic E-state index is 9.59. The number of fused-ring (bicyclic) bond motifs is 1. The molecule has 9 heteroatoms. The summed E-state index contributed by atoms with van der Waals surface area (Å²) in [7, 11) is 1.84. The van der Waals surface area contributed by atoms with Crippen molar-refractivity contribution in [2.75, 3.05) is 18.0 Å². The lowest BCUT2D eigenvalue weighted by Gasteiger charge is -2.15. The van der Waals surface area contributed by atoms with Crippen LogP contribution in [0.1, 0.15) is 12.8 Å². The second kappa shape index (κ2) is 6.24. The average molecular weight is 380 g/mol. The smallest absolute Gasteiger partial charge is 0.249 e. The topological polar surface area (TPSA) is 76.3 Å². The van der Waals surface area contributed by atoms with Gasteiger partial charge in [0.25, 0.3) is 0 Å². The number of hydrogen-bond donors (Lipinski definition) is 1. The van der Waals surface area contributed by atoms with Crippen molar-refractivity contribution in [2.45, 2.75) is 12.8 Å². The van der Waals surface area contributed by atoms with E-state index in [0.29, 0.717) is 5.88 Å². The van der Waals surface area contributed by atoms with Gasteiger partial charge in [-0.05, 0) is 12.8 Å². The number of anilines is 1. The minimum absolute atomic E-state index is 0.0599. The molecule has 0 amide bonds. The molecule has 1 fully saturated rings. The first-order valence-electron chi connectivity index (χ1n) is 7.83. The van der Waals surface area contributed by atoms with Crippen molar-refractivity contribution in [1.29, 1.82) is 0 Å². The molecule has 4 rings (SSSR count). The third-order valence-electron chi connectivity index (χ3n) is 4.20. The average Bonchev–Trinajstić information content (AvgIpc) is 3.22. The molecule has 130 valence electrons. The predicted octanol–water partition coefficient (Wildman–Crippen LogP) is 3.77. The van der Waals surface area contributed by atoms with Crippen molar-refractivity contribution in [3.63, 3.8) is 0 Å². The van der Waals surface area contributed by atoms with E-state index in [9.17, 15) is 5.11 Å². The summed E-state index contributed by atoms with van der Waals surface area (Å²) >= 11 is 11.7. The fraction of sp³-hybridized carbons (Fsp3) is 0.312. The lowest BCUT2D eigenvalue weighted by Crippen LogP contribution is -2.18. The van der Waals surface area contributed by atoms with Crippen LogP contribution in [0.4, 0.5) is 5.82 Å². The second-order valence-corrected chi connectivity index (χ2v) is 6.63. The monoisotopic (exact) mass is 379 g/mol. The maximum absolute atomic E-state index is 9.59. The first-order valence-corrected chi connectivity index (χ1v) is 8.59. The first-order chi connectivity index (χ1) is 12.0. The molecule has 3 aromatic heterocycles. The van der Waals surface area contributed by atoms with Gasteiger partial charge < -0.3 is 14.7 Å². The third-order valence-corrected chi connectivity index (χ3v) is 4.75. The van der Waals surface area contributed by atoms with Crippen LogP contribution in [0.5, 0.6) is 17.5 Å². The first kappa shape index (κ1) is 16.2. The summed E-state index contributed by atoms with van der Waals surface area (Å²) in [5.74, 6) is 1.16. The van der Waals surface area contributed by atoms with Gasteiger partial charge in [-0.3, -0.25) is 4.68 Å². The van der Waals surface area contributed by atoms with Crippen molar-refractivity contribution in [3.8, 4) is 17.5 Å². The Morgan fingerprint density at radius 1 is 1.20 bits per heavy atom. The van der Waals surface area contributed by atoms with E-state index in [1.807, 2.05) is 13.1 Å². The van der Waals surface area contributed by atoms with Crippen LogP contribution in [-0.2, 0) is 7.05 Å². The highest BCUT2D eigenvalue weighted by Gasteiger charge is 2.18. The lowest BCUT2D eigenvalue weighted by atomic mass is 10.3. The molecular formula is C16H15Cl2N5O2. The Bertz CT molecular complexity index is 930. The predicted molar refractivity (Wildman–Crippen MR) is 96.0 cm³/mol.